The van der Waals surface area contributed by atoms with Gasteiger partial charge in [-0.25, -0.2) is 9.79 Å². The molecule has 4 heteroatoms. The Hall–Kier alpha value is -2.75. The van der Waals surface area contributed by atoms with Crippen molar-refractivity contribution in [3.05, 3.63) is 59.2 Å². The SMILES string of the molecule is CC(C)(C)C1=CC(=Nc2ccc(C=CC(=O)O)cc2)C=C(C(C)(C)C)C1=O. The molecule has 1 aliphatic rings. The zero-order valence-electron chi connectivity index (χ0n) is 16.8. The standard InChI is InChI=1S/C23H27NO3/c1-22(2,3)18-13-17(14-19(21(18)27)23(4,5)6)24-16-10-7-15(8-11-16)9-12-20(25)26/h7-14H,1-6H3,(H,25,26). The molecule has 0 aliphatic heterocycles. The Labute approximate surface area is 161 Å². The van der Waals surface area contributed by atoms with Gasteiger partial charge in [0.25, 0.3) is 0 Å². The first-order chi connectivity index (χ1) is 12.4. The van der Waals surface area contributed by atoms with Gasteiger partial charge in [0.2, 0.25) is 0 Å². The van der Waals surface area contributed by atoms with Gasteiger partial charge in [-0.3, -0.25) is 4.79 Å². The Morgan fingerprint density at radius 1 is 0.926 bits per heavy atom. The fourth-order valence-corrected chi connectivity index (χ4v) is 2.77. The van der Waals surface area contributed by atoms with Crippen LogP contribution in [0.25, 0.3) is 6.08 Å². The number of ketones is 1. The molecule has 0 amide bonds. The smallest absolute Gasteiger partial charge is 0.328 e. The molecule has 0 atom stereocenters. The summed E-state index contributed by atoms with van der Waals surface area (Å²) >= 11 is 0. The van der Waals surface area contributed by atoms with Crippen molar-refractivity contribution < 1.29 is 14.7 Å². The highest BCUT2D eigenvalue weighted by Gasteiger charge is 2.34. The van der Waals surface area contributed by atoms with Gasteiger partial charge >= 0.3 is 5.97 Å². The molecule has 1 N–H and O–H groups in total. The van der Waals surface area contributed by atoms with Crippen molar-refractivity contribution in [3.63, 3.8) is 0 Å². The molecule has 0 saturated heterocycles. The van der Waals surface area contributed by atoms with Gasteiger partial charge in [-0.05, 0) is 46.8 Å². The lowest BCUT2D eigenvalue weighted by Crippen LogP contribution is -2.29. The third kappa shape index (κ3) is 5.36. The number of Topliss-reactive ketones (excluding diaryl/α,β-unsaturated/α-hetero) is 1. The summed E-state index contributed by atoms with van der Waals surface area (Å²) in [5, 5.41) is 8.70. The molecule has 142 valence electrons. The van der Waals surface area contributed by atoms with Crippen LogP contribution in [0, 0.1) is 10.8 Å². The highest BCUT2D eigenvalue weighted by Crippen LogP contribution is 2.37. The van der Waals surface area contributed by atoms with Crippen LogP contribution in [-0.4, -0.2) is 22.6 Å². The van der Waals surface area contributed by atoms with Crippen molar-refractivity contribution in [2.75, 3.05) is 0 Å². The number of carboxylic acids is 1. The fourth-order valence-electron chi connectivity index (χ4n) is 2.77. The number of hydrogen-bond donors (Lipinski definition) is 1. The first kappa shape index (κ1) is 20.6. The van der Waals surface area contributed by atoms with E-state index in [-0.39, 0.29) is 16.6 Å². The molecule has 2 rings (SSSR count). The van der Waals surface area contributed by atoms with Crippen LogP contribution in [0.1, 0.15) is 47.1 Å². The molecule has 1 aromatic carbocycles. The van der Waals surface area contributed by atoms with Crippen molar-refractivity contribution in [2.24, 2.45) is 15.8 Å². The van der Waals surface area contributed by atoms with E-state index in [1.807, 2.05) is 78.0 Å². The maximum absolute atomic E-state index is 12.9. The third-order valence-corrected chi connectivity index (χ3v) is 4.26. The van der Waals surface area contributed by atoms with E-state index in [0.29, 0.717) is 0 Å². The maximum atomic E-state index is 12.9. The Balaban J connectivity index is 2.44. The lowest BCUT2D eigenvalue weighted by Gasteiger charge is -2.31. The Morgan fingerprint density at radius 3 is 1.81 bits per heavy atom. The quantitative estimate of drug-likeness (QED) is 0.577. The lowest BCUT2D eigenvalue weighted by molar-refractivity contribution is -0.131. The highest BCUT2D eigenvalue weighted by atomic mass is 16.4. The Morgan fingerprint density at radius 2 is 1.41 bits per heavy atom. The zero-order chi connectivity index (χ0) is 20.4. The number of carbonyl (C=O) groups excluding carboxylic acids is 1. The molecule has 0 unspecified atom stereocenters. The second kappa shape index (κ2) is 7.47. The van der Waals surface area contributed by atoms with Crippen LogP contribution in [0.5, 0.6) is 0 Å². The largest absolute Gasteiger partial charge is 0.478 e. The molecule has 4 nitrogen and oxygen atoms in total. The Bertz CT molecular complexity index is 832. The minimum atomic E-state index is -0.981. The van der Waals surface area contributed by atoms with Gasteiger partial charge in [0.05, 0.1) is 11.4 Å². The average molecular weight is 365 g/mol. The molecule has 1 aliphatic carbocycles. The van der Waals surface area contributed by atoms with Crippen LogP contribution < -0.4 is 0 Å². The van der Waals surface area contributed by atoms with Crippen LogP contribution in [0.4, 0.5) is 5.69 Å². The summed E-state index contributed by atoms with van der Waals surface area (Å²) in [7, 11) is 0. The van der Waals surface area contributed by atoms with Gasteiger partial charge in [-0.2, -0.15) is 0 Å². The van der Waals surface area contributed by atoms with E-state index < -0.39 is 5.97 Å². The molecule has 0 bridgehead atoms. The normalized spacial score (nSPS) is 15.6. The van der Waals surface area contributed by atoms with E-state index in [1.54, 1.807) is 0 Å². The average Bonchev–Trinajstić information content (AvgIpc) is 2.53. The van der Waals surface area contributed by atoms with E-state index in [9.17, 15) is 9.59 Å². The molecule has 0 aromatic heterocycles. The number of rotatable bonds is 3. The van der Waals surface area contributed by atoms with Crippen molar-refractivity contribution in [1.29, 1.82) is 0 Å². The van der Waals surface area contributed by atoms with Crippen molar-refractivity contribution in [2.45, 2.75) is 41.5 Å². The van der Waals surface area contributed by atoms with Gasteiger partial charge in [-0.1, -0.05) is 53.7 Å². The summed E-state index contributed by atoms with van der Waals surface area (Å²) < 4.78 is 0. The van der Waals surface area contributed by atoms with Gasteiger partial charge in [0.15, 0.2) is 5.78 Å². The Kier molecular flexibility index (Phi) is 5.69. The van der Waals surface area contributed by atoms with Crippen LogP contribution in [-0.2, 0) is 9.59 Å². The predicted octanol–water partition coefficient (Wildman–Crippen LogP) is 5.38. The number of benzene rings is 1. The maximum Gasteiger partial charge on any atom is 0.328 e. The zero-order valence-corrected chi connectivity index (χ0v) is 16.8. The summed E-state index contributed by atoms with van der Waals surface area (Å²) in [5.41, 5.74) is 3.27. The van der Waals surface area contributed by atoms with E-state index in [4.69, 9.17) is 5.11 Å². The number of carboxylic acid groups (broad SMARTS) is 1. The first-order valence-corrected chi connectivity index (χ1v) is 8.97. The molecule has 0 spiro atoms. The van der Waals surface area contributed by atoms with Gasteiger partial charge < -0.3 is 5.11 Å². The van der Waals surface area contributed by atoms with E-state index in [2.05, 4.69) is 4.99 Å². The molecular weight excluding hydrogens is 338 g/mol. The molecular formula is C23H27NO3. The van der Waals surface area contributed by atoms with E-state index in [1.165, 1.54) is 6.08 Å². The topological polar surface area (TPSA) is 66.7 Å². The van der Waals surface area contributed by atoms with Crippen LogP contribution in [0.2, 0.25) is 0 Å². The van der Waals surface area contributed by atoms with E-state index in [0.717, 1.165) is 34.2 Å². The number of aliphatic imine (C=N–C) groups is 1. The van der Waals surface area contributed by atoms with E-state index >= 15 is 0 Å². The molecule has 1 aromatic rings. The summed E-state index contributed by atoms with van der Waals surface area (Å²) in [5.74, 6) is -0.894. The van der Waals surface area contributed by atoms with Crippen molar-refractivity contribution in [1.82, 2.24) is 0 Å². The molecule has 0 heterocycles. The van der Waals surface area contributed by atoms with Crippen LogP contribution in [0.3, 0.4) is 0 Å². The first-order valence-electron chi connectivity index (χ1n) is 8.97. The van der Waals surface area contributed by atoms with Gasteiger partial charge in [0, 0.05) is 17.2 Å². The summed E-state index contributed by atoms with van der Waals surface area (Å²) in [4.78, 5) is 28.2. The fraction of sp³-hybridized carbons (Fsp3) is 0.348. The minimum absolute atomic E-state index is 0.0862. The van der Waals surface area contributed by atoms with Gasteiger partial charge in [-0.15, -0.1) is 0 Å². The monoisotopic (exact) mass is 365 g/mol. The minimum Gasteiger partial charge on any atom is -0.478 e. The van der Waals surface area contributed by atoms with Crippen LogP contribution in [0.15, 0.2) is 58.6 Å². The van der Waals surface area contributed by atoms with Crippen molar-refractivity contribution >= 4 is 29.2 Å². The summed E-state index contributed by atoms with van der Waals surface area (Å²) in [6, 6.07) is 7.30. The second-order valence-corrected chi connectivity index (χ2v) is 8.74. The number of aliphatic carboxylic acids is 1. The highest BCUT2D eigenvalue weighted by molar-refractivity contribution is 6.23. The molecule has 0 fully saturated rings. The number of hydrogen-bond acceptors (Lipinski definition) is 3. The predicted molar refractivity (Wildman–Crippen MR) is 110 cm³/mol. The summed E-state index contributed by atoms with van der Waals surface area (Å²) in [6.07, 6.45) is 6.38. The number of nitrogens with zero attached hydrogens (tertiary/aromatic N) is 1. The lowest BCUT2D eigenvalue weighted by atomic mass is 9.72. The van der Waals surface area contributed by atoms with Crippen LogP contribution >= 0.6 is 0 Å². The van der Waals surface area contributed by atoms with Crippen molar-refractivity contribution in [3.8, 4) is 0 Å². The molecule has 0 saturated carbocycles. The second-order valence-electron chi connectivity index (χ2n) is 8.74. The number of allylic oxidation sites excluding steroid dienone is 4. The third-order valence-electron chi connectivity index (χ3n) is 4.26. The number of carbonyl (C=O) groups is 2. The molecule has 27 heavy (non-hydrogen) atoms. The summed E-state index contributed by atoms with van der Waals surface area (Å²) in [6.45, 7) is 12.2. The van der Waals surface area contributed by atoms with Gasteiger partial charge in [0.1, 0.15) is 0 Å². The molecule has 0 radical (unpaired) electrons.